The topological polar surface area (TPSA) is 150 Å². The average molecular weight is 1860 g/mol. The van der Waals surface area contributed by atoms with E-state index in [-0.39, 0.29) is 0 Å². The van der Waals surface area contributed by atoms with Crippen LogP contribution in [0.3, 0.4) is 0 Å². The lowest BCUT2D eigenvalue weighted by molar-refractivity contribution is -0.660. The molecule has 26 rings (SSSR count). The SMILES string of the molecule is Cc1c(-c2cc(CC3CCCCC3)cc[n+]2C)c2oc3ncccc3c2c2ccccc12.Cc1cc[n+](C)c(-c2c(C)c3ccccc3c3c2oc2ncccc23)c1.[2H]C(C)(C)c1cc[n+](C)c(-c2c(C)c3ccccc3c3c2oc2ncccc23)c1.[2H]C([2H])(C)c1cc[n+](C)c(-c2c(C)c3ccccc3c3c2oc2ncccc23)c1.[2H]C([2H])([2H])C([2H])(C)c1cc[n+](C)c(-c2c(C)c3ccccc3c3c2oc2ncccc23)c1. The molecule has 15 heterocycles. The standard InChI is InChI=1S/C29H29N2O.2C25H23N2O.C24H21N2O.C23H19N2O/c1-19-22-11-6-7-12-23(22)27-24-13-8-15-30-29(24)32-28(27)26(19)25-18-21(14-16-31(25)2)17-20-9-4-3-5-10-20;2*1-15(2)17-11-13-27(4)21(14-17)22-16(3)18-8-5-6-9-19(18)23-20-10-7-12-26-25(20)28-24(22)23;1-4-16-11-13-26(3)20(14-16)21-15(2)17-8-5-6-9-18(17)22-19-10-7-12-25-24(19)27-23(21)22;1-14-10-12-25(3)19(13-14)20-15(2)16-7-4-5-8-17(16)21-18-9-6-11-24-23(18)26-22(20)21/h6-8,11-16,18,20H,3-5,9-10,17H2,1-2H3;2*5-15H,1-4H3;5-14H,4H2,1-3H3;4-13H,1-3H3/q5*+1/i;1D3,15D;15D;4D2;. The van der Waals surface area contributed by atoms with Crippen LogP contribution in [0.1, 0.15) is 144 Å². The van der Waals surface area contributed by atoms with E-state index in [2.05, 4.69) is 245 Å². The van der Waals surface area contributed by atoms with Gasteiger partial charge in [-0.05, 0) is 242 Å². The van der Waals surface area contributed by atoms with Gasteiger partial charge in [-0.25, -0.2) is 47.8 Å². The van der Waals surface area contributed by atoms with E-state index in [0.29, 0.717) is 45.3 Å². The molecule has 15 nitrogen and oxygen atoms in total. The number of furan rings is 5. The smallest absolute Gasteiger partial charge is 0.227 e. The highest BCUT2D eigenvalue weighted by atomic mass is 16.4. The van der Waals surface area contributed by atoms with Crippen molar-refractivity contribution in [2.45, 2.75) is 133 Å². The molecular formula is C126H115N10O5+5. The third-order valence-corrected chi connectivity index (χ3v) is 29.1. The summed E-state index contributed by atoms with van der Waals surface area (Å²) in [5.74, 6) is -1.60. The Hall–Kier alpha value is -16.0. The number of fused-ring (bicyclic) bond motifs is 25. The van der Waals surface area contributed by atoms with E-state index in [1.165, 1.54) is 122 Å². The molecule has 1 saturated carbocycles. The Balaban J connectivity index is 0.000000105. The first-order valence-electron chi connectivity index (χ1n) is 52.1. The highest BCUT2D eigenvalue weighted by molar-refractivity contribution is 6.28. The minimum atomic E-state index is -2.46. The third kappa shape index (κ3) is 15.9. The molecule has 141 heavy (non-hydrogen) atoms. The van der Waals surface area contributed by atoms with Crippen molar-refractivity contribution in [1.82, 2.24) is 24.9 Å². The Labute approximate surface area is 829 Å². The molecule has 0 saturated heterocycles. The van der Waals surface area contributed by atoms with E-state index in [4.69, 9.17) is 31.7 Å². The van der Waals surface area contributed by atoms with Crippen molar-refractivity contribution in [3.8, 4) is 56.3 Å². The van der Waals surface area contributed by atoms with Gasteiger partial charge >= 0.3 is 0 Å². The summed E-state index contributed by atoms with van der Waals surface area (Å²) in [5, 5.41) is 22.4. The lowest BCUT2D eigenvalue weighted by Gasteiger charge is -2.21. The molecule has 25 aromatic rings. The fourth-order valence-corrected chi connectivity index (χ4v) is 21.9. The van der Waals surface area contributed by atoms with Crippen LogP contribution in [-0.4, -0.2) is 24.9 Å². The van der Waals surface area contributed by atoms with Crippen molar-refractivity contribution in [3.05, 3.63) is 360 Å². The van der Waals surface area contributed by atoms with Gasteiger partial charge in [0.2, 0.25) is 57.0 Å². The molecule has 0 spiro atoms. The van der Waals surface area contributed by atoms with Crippen molar-refractivity contribution in [2.24, 2.45) is 41.2 Å². The monoisotopic (exact) mass is 1850 g/mol. The number of aryl methyl sites for hydroxylation is 12. The van der Waals surface area contributed by atoms with Gasteiger partial charge in [0.05, 0.1) is 27.8 Å². The van der Waals surface area contributed by atoms with E-state index < -0.39 is 25.0 Å². The Morgan fingerprint density at radius 3 is 0.858 bits per heavy atom. The number of rotatable bonds is 10. The molecular weight excluding hydrogens is 1730 g/mol. The summed E-state index contributed by atoms with van der Waals surface area (Å²) in [6, 6.07) is 82.8. The predicted octanol–water partition coefficient (Wildman–Crippen LogP) is 29.9. The second-order valence-corrected chi connectivity index (χ2v) is 38.1. The van der Waals surface area contributed by atoms with Crippen molar-refractivity contribution in [3.63, 3.8) is 0 Å². The van der Waals surface area contributed by atoms with Crippen LogP contribution >= 0.6 is 0 Å². The summed E-state index contributed by atoms with van der Waals surface area (Å²) in [6.45, 7) is 17.2. The number of hydrogen-bond donors (Lipinski definition) is 0. The van der Waals surface area contributed by atoms with Crippen molar-refractivity contribution in [2.75, 3.05) is 0 Å². The number of benzene rings is 10. The van der Waals surface area contributed by atoms with E-state index in [1.807, 2.05) is 161 Å². The largest absolute Gasteiger partial charge is 0.437 e. The van der Waals surface area contributed by atoms with Gasteiger partial charge in [0.25, 0.3) is 0 Å². The molecule has 1 aliphatic carbocycles. The van der Waals surface area contributed by atoms with Crippen LogP contribution < -0.4 is 22.8 Å². The van der Waals surface area contributed by atoms with Crippen LogP contribution in [-0.2, 0) is 48.0 Å². The maximum absolute atomic E-state index is 8.58. The highest BCUT2D eigenvalue weighted by Gasteiger charge is 2.33. The molecule has 1 fully saturated rings. The van der Waals surface area contributed by atoms with Gasteiger partial charge < -0.3 is 22.1 Å². The lowest BCUT2D eigenvalue weighted by Crippen LogP contribution is -2.31. The molecule has 0 bridgehead atoms. The van der Waals surface area contributed by atoms with E-state index in [9.17, 15) is 0 Å². The fraction of sp³-hybridized carbons (Fsp3) is 0.206. The van der Waals surface area contributed by atoms with Gasteiger partial charge in [-0.3, -0.25) is 0 Å². The second-order valence-electron chi connectivity index (χ2n) is 38.1. The van der Waals surface area contributed by atoms with Gasteiger partial charge in [-0.2, -0.15) is 0 Å². The van der Waals surface area contributed by atoms with Gasteiger partial charge in [0, 0.05) is 155 Å². The third-order valence-electron chi connectivity index (χ3n) is 29.1. The summed E-state index contributed by atoms with van der Waals surface area (Å²) in [7, 11) is 10.2. The Morgan fingerprint density at radius 1 is 0.305 bits per heavy atom. The number of nitrogens with zero attached hydrogens (tertiary/aromatic N) is 10. The summed E-state index contributed by atoms with van der Waals surface area (Å²) in [4.78, 5) is 22.3. The average Bonchev–Trinajstić information content (AvgIpc) is 1.57. The molecule has 1 atom stereocenters. The fourth-order valence-electron chi connectivity index (χ4n) is 21.9. The molecule has 0 aliphatic heterocycles. The molecule has 1 aliphatic rings. The van der Waals surface area contributed by atoms with Crippen LogP contribution in [0.4, 0.5) is 0 Å². The maximum atomic E-state index is 8.58. The zero-order valence-electron chi connectivity index (χ0n) is 89.2. The van der Waals surface area contributed by atoms with E-state index >= 15 is 0 Å². The first-order valence-corrected chi connectivity index (χ1v) is 48.6. The van der Waals surface area contributed by atoms with Crippen LogP contribution in [0.2, 0.25) is 0 Å². The normalized spacial score (nSPS) is 14.0. The summed E-state index contributed by atoms with van der Waals surface area (Å²) < 4.78 is 99.1. The Bertz CT molecular complexity index is 9450. The Morgan fingerprint density at radius 2 is 0.560 bits per heavy atom. The first kappa shape index (κ1) is 82.1. The molecule has 15 heteroatoms. The predicted molar refractivity (Wildman–Crippen MR) is 574 cm³/mol. The van der Waals surface area contributed by atoms with Gasteiger partial charge in [-0.1, -0.05) is 188 Å². The molecule has 15 aromatic heterocycles. The molecule has 0 amide bonds. The molecule has 1 unspecified atom stereocenters. The zero-order valence-corrected chi connectivity index (χ0v) is 82.2. The number of pyridine rings is 10. The summed E-state index contributed by atoms with van der Waals surface area (Å²) in [5.41, 5.74) is 28.3. The first-order chi connectivity index (χ1) is 71.2. The lowest BCUT2D eigenvalue weighted by atomic mass is 9.84. The zero-order chi connectivity index (χ0) is 103. The van der Waals surface area contributed by atoms with E-state index in [1.54, 1.807) is 43.8 Å². The van der Waals surface area contributed by atoms with Crippen LogP contribution in [0.25, 0.3) is 220 Å². The number of hydrogen-bond acceptors (Lipinski definition) is 10. The minimum absolute atomic E-state index is 0.431. The summed E-state index contributed by atoms with van der Waals surface area (Å²) >= 11 is 0. The maximum Gasteiger partial charge on any atom is 0.227 e. The molecule has 10 aromatic carbocycles. The molecule has 0 radical (unpaired) electrons. The quantitative estimate of drug-likeness (QED) is 0.121. The number of aromatic nitrogens is 10. The molecule has 0 N–H and O–H groups in total. The minimum Gasteiger partial charge on any atom is -0.437 e. The van der Waals surface area contributed by atoms with Crippen LogP contribution in [0.5, 0.6) is 0 Å². The van der Waals surface area contributed by atoms with Crippen molar-refractivity contribution < 1.29 is 54.5 Å². The van der Waals surface area contributed by atoms with Crippen LogP contribution in [0.15, 0.2) is 327 Å². The van der Waals surface area contributed by atoms with Gasteiger partial charge in [0.1, 0.15) is 35.2 Å². The van der Waals surface area contributed by atoms with Crippen molar-refractivity contribution in [1.29, 1.82) is 0 Å². The van der Waals surface area contributed by atoms with Gasteiger partial charge in [0.15, 0.2) is 58.9 Å². The van der Waals surface area contributed by atoms with Crippen LogP contribution in [0, 0.1) is 47.5 Å². The van der Waals surface area contributed by atoms with E-state index in [0.717, 1.165) is 160 Å². The van der Waals surface area contributed by atoms with Crippen molar-refractivity contribution >= 4 is 164 Å². The second kappa shape index (κ2) is 37.1. The molecule has 694 valence electrons. The van der Waals surface area contributed by atoms with Gasteiger partial charge in [-0.15, -0.1) is 0 Å². The Kier molecular flexibility index (Phi) is 21.6. The highest BCUT2D eigenvalue weighted by Crippen LogP contribution is 2.50. The summed E-state index contributed by atoms with van der Waals surface area (Å²) in [6.07, 6.45) is 25.5.